The fourth-order valence-corrected chi connectivity index (χ4v) is 4.09. The maximum atomic E-state index is 13.5. The lowest BCUT2D eigenvalue weighted by molar-refractivity contribution is -0.137. The Morgan fingerprint density at radius 2 is 1.61 bits per heavy atom. The van der Waals surface area contributed by atoms with Gasteiger partial charge in [0.25, 0.3) is 0 Å². The molecule has 2 aromatic carbocycles. The molecule has 9 heteroatoms. The number of hydrogen-bond donors (Lipinski definition) is 0. The average Bonchev–Trinajstić information content (AvgIpc) is 3.14. The summed E-state index contributed by atoms with van der Waals surface area (Å²) in [5.41, 5.74) is 0.190. The zero-order valence-corrected chi connectivity index (χ0v) is 16.6. The van der Waals surface area contributed by atoms with Crippen molar-refractivity contribution in [2.75, 3.05) is 42.5 Å². The number of piperazine rings is 1. The van der Waals surface area contributed by atoms with Gasteiger partial charge in [0.1, 0.15) is 5.82 Å². The average molecular weight is 435 g/mol. The van der Waals surface area contributed by atoms with E-state index in [9.17, 15) is 27.2 Å². The maximum absolute atomic E-state index is 13.5. The van der Waals surface area contributed by atoms with E-state index in [1.807, 2.05) is 4.90 Å². The van der Waals surface area contributed by atoms with Crippen molar-refractivity contribution in [2.24, 2.45) is 5.92 Å². The van der Waals surface area contributed by atoms with Gasteiger partial charge in [-0.05, 0) is 36.4 Å². The molecule has 2 aromatic rings. The van der Waals surface area contributed by atoms with E-state index in [-0.39, 0.29) is 24.8 Å². The summed E-state index contributed by atoms with van der Waals surface area (Å²) in [5.74, 6) is -1.36. The molecule has 164 valence electrons. The molecule has 2 saturated heterocycles. The highest BCUT2D eigenvalue weighted by molar-refractivity contribution is 6.00. The molecule has 1 unspecified atom stereocenters. The molecule has 0 bridgehead atoms. The third-order valence-corrected chi connectivity index (χ3v) is 5.72. The second-order valence-electron chi connectivity index (χ2n) is 7.75. The molecule has 1 atom stereocenters. The zero-order chi connectivity index (χ0) is 22.2. The van der Waals surface area contributed by atoms with Crippen LogP contribution >= 0.6 is 0 Å². The van der Waals surface area contributed by atoms with Gasteiger partial charge in [0.15, 0.2) is 0 Å². The van der Waals surface area contributed by atoms with Gasteiger partial charge in [-0.2, -0.15) is 13.2 Å². The molecule has 2 amide bonds. The molecular formula is C22H21F4N3O2. The van der Waals surface area contributed by atoms with Gasteiger partial charge in [-0.15, -0.1) is 0 Å². The molecule has 2 heterocycles. The van der Waals surface area contributed by atoms with Crippen LogP contribution in [0.15, 0.2) is 48.5 Å². The first-order valence-corrected chi connectivity index (χ1v) is 9.99. The summed E-state index contributed by atoms with van der Waals surface area (Å²) >= 11 is 0. The number of alkyl halides is 3. The van der Waals surface area contributed by atoms with Gasteiger partial charge in [-0.25, -0.2) is 4.39 Å². The van der Waals surface area contributed by atoms with Crippen molar-refractivity contribution in [3.05, 3.63) is 59.9 Å². The SMILES string of the molecule is O=C(C1CC(=O)N(c2cccc(F)c2)C1)N1CCN(c2cccc(C(F)(F)F)c2)CC1. The van der Waals surface area contributed by atoms with E-state index in [0.717, 1.165) is 12.1 Å². The molecule has 4 rings (SSSR count). The first kappa shape index (κ1) is 21.1. The zero-order valence-electron chi connectivity index (χ0n) is 16.6. The number of amides is 2. The van der Waals surface area contributed by atoms with Crippen LogP contribution in [-0.2, 0) is 15.8 Å². The Morgan fingerprint density at radius 1 is 0.935 bits per heavy atom. The van der Waals surface area contributed by atoms with Crippen LogP contribution in [0.3, 0.4) is 0 Å². The molecule has 0 saturated carbocycles. The molecule has 2 aliphatic rings. The van der Waals surface area contributed by atoms with Crippen molar-refractivity contribution in [3.8, 4) is 0 Å². The Balaban J connectivity index is 1.37. The standard InChI is InChI=1S/C22H21F4N3O2/c23-17-4-2-6-19(13-17)29-14-15(11-20(29)30)21(31)28-9-7-27(8-10-28)18-5-1-3-16(12-18)22(24,25)26/h1-6,12-13,15H,7-11,14H2. The normalized spacial score (nSPS) is 19.8. The summed E-state index contributed by atoms with van der Waals surface area (Å²) in [6, 6.07) is 10.8. The Kier molecular flexibility index (Phi) is 5.60. The maximum Gasteiger partial charge on any atom is 0.416 e. The Labute approximate surface area is 176 Å². The van der Waals surface area contributed by atoms with Gasteiger partial charge in [0.2, 0.25) is 11.8 Å². The number of rotatable bonds is 3. The van der Waals surface area contributed by atoms with E-state index in [4.69, 9.17) is 0 Å². The third-order valence-electron chi connectivity index (χ3n) is 5.72. The first-order valence-electron chi connectivity index (χ1n) is 9.99. The Bertz CT molecular complexity index is 987. The monoisotopic (exact) mass is 435 g/mol. The van der Waals surface area contributed by atoms with Crippen LogP contribution in [0.4, 0.5) is 28.9 Å². The van der Waals surface area contributed by atoms with E-state index in [1.54, 1.807) is 17.0 Å². The molecule has 2 fully saturated rings. The highest BCUT2D eigenvalue weighted by Gasteiger charge is 2.38. The van der Waals surface area contributed by atoms with Gasteiger partial charge in [0, 0.05) is 50.5 Å². The second-order valence-corrected chi connectivity index (χ2v) is 7.75. The molecule has 0 radical (unpaired) electrons. The molecule has 5 nitrogen and oxygen atoms in total. The number of halogens is 4. The third kappa shape index (κ3) is 4.50. The van der Waals surface area contributed by atoms with Gasteiger partial charge in [-0.3, -0.25) is 9.59 Å². The van der Waals surface area contributed by atoms with Gasteiger partial charge in [0.05, 0.1) is 11.5 Å². The molecule has 0 aliphatic carbocycles. The minimum absolute atomic E-state index is 0.0587. The van der Waals surface area contributed by atoms with E-state index >= 15 is 0 Å². The van der Waals surface area contributed by atoms with Crippen molar-refractivity contribution in [3.63, 3.8) is 0 Å². The largest absolute Gasteiger partial charge is 0.416 e. The second kappa shape index (κ2) is 8.20. The quantitative estimate of drug-likeness (QED) is 0.693. The Morgan fingerprint density at radius 3 is 2.29 bits per heavy atom. The van der Waals surface area contributed by atoms with Crippen LogP contribution in [-0.4, -0.2) is 49.4 Å². The van der Waals surface area contributed by atoms with Gasteiger partial charge >= 0.3 is 6.18 Å². The minimum Gasteiger partial charge on any atom is -0.368 e. The lowest BCUT2D eigenvalue weighted by Crippen LogP contribution is -2.50. The number of hydrogen-bond acceptors (Lipinski definition) is 3. The molecule has 2 aliphatic heterocycles. The van der Waals surface area contributed by atoms with Crippen LogP contribution in [0.2, 0.25) is 0 Å². The summed E-state index contributed by atoms with van der Waals surface area (Å²) in [4.78, 5) is 30.2. The molecular weight excluding hydrogens is 414 g/mol. The van der Waals surface area contributed by atoms with Gasteiger partial charge in [-0.1, -0.05) is 12.1 Å². The molecule has 0 N–H and O–H groups in total. The van der Waals surface area contributed by atoms with Crippen molar-refractivity contribution in [1.82, 2.24) is 4.90 Å². The van der Waals surface area contributed by atoms with E-state index in [0.29, 0.717) is 37.6 Å². The summed E-state index contributed by atoms with van der Waals surface area (Å²) in [5, 5.41) is 0. The van der Waals surface area contributed by atoms with Gasteiger partial charge < -0.3 is 14.7 Å². The van der Waals surface area contributed by atoms with Crippen LogP contribution in [0, 0.1) is 11.7 Å². The molecule has 0 spiro atoms. The fraction of sp³-hybridized carbons (Fsp3) is 0.364. The lowest BCUT2D eigenvalue weighted by Gasteiger charge is -2.37. The van der Waals surface area contributed by atoms with E-state index in [2.05, 4.69) is 0 Å². The van der Waals surface area contributed by atoms with E-state index < -0.39 is 23.5 Å². The number of carbonyl (C=O) groups is 2. The van der Waals surface area contributed by atoms with Crippen LogP contribution in [0.1, 0.15) is 12.0 Å². The molecule has 31 heavy (non-hydrogen) atoms. The smallest absolute Gasteiger partial charge is 0.368 e. The van der Waals surface area contributed by atoms with Crippen molar-refractivity contribution in [1.29, 1.82) is 0 Å². The van der Waals surface area contributed by atoms with Crippen molar-refractivity contribution < 1.29 is 27.2 Å². The van der Waals surface area contributed by atoms with Crippen molar-refractivity contribution >= 4 is 23.2 Å². The number of nitrogens with zero attached hydrogens (tertiary/aromatic N) is 3. The summed E-state index contributed by atoms with van der Waals surface area (Å²) in [6.45, 7) is 1.72. The highest BCUT2D eigenvalue weighted by atomic mass is 19.4. The van der Waals surface area contributed by atoms with Crippen LogP contribution < -0.4 is 9.80 Å². The number of anilines is 2. The minimum atomic E-state index is -4.41. The summed E-state index contributed by atoms with van der Waals surface area (Å²) in [7, 11) is 0. The van der Waals surface area contributed by atoms with Crippen LogP contribution in [0.25, 0.3) is 0 Å². The topological polar surface area (TPSA) is 43.9 Å². The predicted molar refractivity (Wildman–Crippen MR) is 107 cm³/mol. The molecule has 0 aromatic heterocycles. The predicted octanol–water partition coefficient (Wildman–Crippen LogP) is 3.55. The van der Waals surface area contributed by atoms with E-state index in [1.165, 1.54) is 29.2 Å². The first-order chi connectivity index (χ1) is 14.7. The fourth-order valence-electron chi connectivity index (χ4n) is 4.09. The Hall–Kier alpha value is -3.10. The van der Waals surface area contributed by atoms with Crippen molar-refractivity contribution in [2.45, 2.75) is 12.6 Å². The lowest BCUT2D eigenvalue weighted by atomic mass is 10.1. The summed E-state index contributed by atoms with van der Waals surface area (Å²) < 4.78 is 52.4. The number of benzene rings is 2. The highest BCUT2D eigenvalue weighted by Crippen LogP contribution is 2.32. The number of carbonyl (C=O) groups excluding carboxylic acids is 2. The summed E-state index contributed by atoms with van der Waals surface area (Å²) in [6.07, 6.45) is -4.35. The van der Waals surface area contributed by atoms with Crippen LogP contribution in [0.5, 0.6) is 0 Å².